The zero-order chi connectivity index (χ0) is 14.3. The Bertz CT molecular complexity index is 170. The molecule has 19 heavy (non-hydrogen) atoms. The normalized spacial score (nSPS) is 13.1. The van der Waals surface area contributed by atoms with Crippen molar-refractivity contribution in [2.45, 2.75) is 46.6 Å². The van der Waals surface area contributed by atoms with Crippen LogP contribution in [0, 0.1) is 0 Å². The van der Waals surface area contributed by atoms with Crippen LogP contribution in [-0.4, -0.2) is 63.5 Å². The Kier molecular flexibility index (Phi) is 14.1. The van der Waals surface area contributed by atoms with Gasteiger partial charge in [-0.3, -0.25) is 4.90 Å². The molecule has 0 aromatic heterocycles. The van der Waals surface area contributed by atoms with Gasteiger partial charge in [-0.25, -0.2) is 0 Å². The quantitative estimate of drug-likeness (QED) is 0.492. The second kappa shape index (κ2) is 14.3. The molecule has 0 aliphatic heterocycles. The average molecular weight is 274 g/mol. The predicted octanol–water partition coefficient (Wildman–Crippen LogP) is 2.14. The first-order valence-corrected chi connectivity index (χ1v) is 7.86. The zero-order valence-electron chi connectivity index (χ0n) is 13.4. The third kappa shape index (κ3) is 11.4. The first-order valence-electron chi connectivity index (χ1n) is 7.86. The first-order chi connectivity index (χ1) is 9.26. The van der Waals surface area contributed by atoms with Crippen molar-refractivity contribution in [2.75, 3.05) is 52.6 Å². The summed E-state index contributed by atoms with van der Waals surface area (Å²) in [6, 6.07) is 0.597. The second-order valence-corrected chi connectivity index (χ2v) is 4.77. The van der Waals surface area contributed by atoms with E-state index < -0.39 is 0 Å². The van der Waals surface area contributed by atoms with Crippen LogP contribution >= 0.6 is 0 Å². The lowest BCUT2D eigenvalue weighted by atomic mass is 10.1. The minimum atomic E-state index is 0.597. The highest BCUT2D eigenvalue weighted by Crippen LogP contribution is 2.06. The monoisotopic (exact) mass is 274 g/mol. The molecule has 0 amide bonds. The fourth-order valence-electron chi connectivity index (χ4n) is 2.09. The van der Waals surface area contributed by atoms with Gasteiger partial charge in [0.15, 0.2) is 0 Å². The molecule has 4 nitrogen and oxygen atoms in total. The molecule has 0 fully saturated rings. The van der Waals surface area contributed by atoms with Crippen molar-refractivity contribution < 1.29 is 9.47 Å². The van der Waals surface area contributed by atoms with Gasteiger partial charge in [0.1, 0.15) is 0 Å². The molecule has 1 N–H and O–H groups in total. The topological polar surface area (TPSA) is 33.7 Å². The molecule has 0 rings (SSSR count). The molecule has 0 aliphatic carbocycles. The van der Waals surface area contributed by atoms with E-state index >= 15 is 0 Å². The third-order valence-electron chi connectivity index (χ3n) is 3.30. The third-order valence-corrected chi connectivity index (χ3v) is 3.30. The van der Waals surface area contributed by atoms with Crippen LogP contribution in [0.15, 0.2) is 0 Å². The summed E-state index contributed by atoms with van der Waals surface area (Å²) in [6.07, 6.45) is 2.46. The lowest BCUT2D eigenvalue weighted by Gasteiger charge is -2.29. The highest BCUT2D eigenvalue weighted by Gasteiger charge is 2.13. The van der Waals surface area contributed by atoms with E-state index in [4.69, 9.17) is 9.47 Å². The molecule has 0 saturated carbocycles. The Morgan fingerprint density at radius 2 is 1.58 bits per heavy atom. The molecule has 0 heterocycles. The molecule has 1 unspecified atom stereocenters. The molecule has 0 saturated heterocycles. The fraction of sp³-hybridized carbons (Fsp3) is 1.00. The van der Waals surface area contributed by atoms with E-state index in [1.165, 1.54) is 12.8 Å². The Hall–Kier alpha value is -0.160. The summed E-state index contributed by atoms with van der Waals surface area (Å²) in [5, 5.41) is 3.38. The highest BCUT2D eigenvalue weighted by atomic mass is 16.5. The minimum absolute atomic E-state index is 0.597. The van der Waals surface area contributed by atoms with Crippen molar-refractivity contribution in [3.63, 3.8) is 0 Å². The van der Waals surface area contributed by atoms with Gasteiger partial charge in [-0.1, -0.05) is 6.92 Å². The zero-order valence-corrected chi connectivity index (χ0v) is 13.4. The first kappa shape index (κ1) is 18.8. The van der Waals surface area contributed by atoms with Gasteiger partial charge in [0.2, 0.25) is 0 Å². The highest BCUT2D eigenvalue weighted by molar-refractivity contribution is 4.68. The lowest BCUT2D eigenvalue weighted by Crippen LogP contribution is -2.38. The Labute approximate surface area is 119 Å². The molecule has 116 valence electrons. The van der Waals surface area contributed by atoms with Gasteiger partial charge in [0.05, 0.1) is 13.2 Å². The maximum atomic E-state index is 5.47. The van der Waals surface area contributed by atoms with Crippen LogP contribution in [0.4, 0.5) is 0 Å². The predicted molar refractivity (Wildman–Crippen MR) is 81.8 cm³/mol. The summed E-state index contributed by atoms with van der Waals surface area (Å²) < 4.78 is 10.9. The van der Waals surface area contributed by atoms with Crippen LogP contribution in [0.25, 0.3) is 0 Å². The van der Waals surface area contributed by atoms with Crippen LogP contribution in [-0.2, 0) is 9.47 Å². The molecule has 0 spiro atoms. The smallest absolute Gasteiger partial charge is 0.0593 e. The molecular weight excluding hydrogens is 240 g/mol. The van der Waals surface area contributed by atoms with Crippen LogP contribution in [0.1, 0.15) is 40.5 Å². The molecule has 0 bridgehead atoms. The van der Waals surface area contributed by atoms with E-state index in [0.717, 1.165) is 52.6 Å². The molecule has 1 atom stereocenters. The fourth-order valence-corrected chi connectivity index (χ4v) is 2.09. The number of ether oxygens (including phenoxy) is 2. The van der Waals surface area contributed by atoms with Crippen LogP contribution < -0.4 is 5.32 Å². The van der Waals surface area contributed by atoms with E-state index in [2.05, 4.69) is 24.1 Å². The van der Waals surface area contributed by atoms with Crippen molar-refractivity contribution in [1.82, 2.24) is 10.2 Å². The number of hydrogen-bond acceptors (Lipinski definition) is 4. The number of hydrogen-bond donors (Lipinski definition) is 1. The van der Waals surface area contributed by atoms with Crippen molar-refractivity contribution >= 4 is 0 Å². The summed E-state index contributed by atoms with van der Waals surface area (Å²) in [6.45, 7) is 16.0. The van der Waals surface area contributed by atoms with Crippen molar-refractivity contribution in [3.05, 3.63) is 0 Å². The van der Waals surface area contributed by atoms with Crippen molar-refractivity contribution in [1.29, 1.82) is 0 Å². The largest absolute Gasteiger partial charge is 0.380 e. The maximum Gasteiger partial charge on any atom is 0.0593 e. The SMILES string of the molecule is CCNCCCC(C)N(CCOCC)CCOCC. The van der Waals surface area contributed by atoms with E-state index in [0.29, 0.717) is 6.04 Å². The maximum absolute atomic E-state index is 5.47. The van der Waals surface area contributed by atoms with Crippen molar-refractivity contribution in [3.8, 4) is 0 Å². The molecule has 0 radical (unpaired) electrons. The van der Waals surface area contributed by atoms with E-state index in [1.807, 2.05) is 13.8 Å². The second-order valence-electron chi connectivity index (χ2n) is 4.77. The van der Waals surface area contributed by atoms with Crippen molar-refractivity contribution in [2.24, 2.45) is 0 Å². The summed E-state index contributed by atoms with van der Waals surface area (Å²) in [5.74, 6) is 0. The number of nitrogens with one attached hydrogen (secondary N) is 1. The summed E-state index contributed by atoms with van der Waals surface area (Å²) >= 11 is 0. The van der Waals surface area contributed by atoms with Gasteiger partial charge in [-0.15, -0.1) is 0 Å². The van der Waals surface area contributed by atoms with Gasteiger partial charge in [0, 0.05) is 32.3 Å². The van der Waals surface area contributed by atoms with E-state index in [1.54, 1.807) is 0 Å². The van der Waals surface area contributed by atoms with E-state index in [9.17, 15) is 0 Å². The molecule has 0 aliphatic rings. The van der Waals surface area contributed by atoms with Gasteiger partial charge in [-0.05, 0) is 46.7 Å². The minimum Gasteiger partial charge on any atom is -0.380 e. The number of nitrogens with zero attached hydrogens (tertiary/aromatic N) is 1. The molecule has 0 aromatic rings. The summed E-state index contributed by atoms with van der Waals surface area (Å²) in [4.78, 5) is 2.48. The van der Waals surface area contributed by atoms with Crippen LogP contribution in [0.5, 0.6) is 0 Å². The Morgan fingerprint density at radius 1 is 1.00 bits per heavy atom. The molecule has 4 heteroatoms. The van der Waals surface area contributed by atoms with Gasteiger partial charge in [-0.2, -0.15) is 0 Å². The summed E-state index contributed by atoms with van der Waals surface area (Å²) in [5.41, 5.74) is 0. The Balaban J connectivity index is 3.90. The number of rotatable bonds is 14. The van der Waals surface area contributed by atoms with E-state index in [-0.39, 0.29) is 0 Å². The Morgan fingerprint density at radius 3 is 2.05 bits per heavy atom. The van der Waals surface area contributed by atoms with Gasteiger partial charge >= 0.3 is 0 Å². The van der Waals surface area contributed by atoms with Crippen LogP contribution in [0.2, 0.25) is 0 Å². The van der Waals surface area contributed by atoms with Crippen LogP contribution in [0.3, 0.4) is 0 Å². The molecular formula is C15H34N2O2. The molecule has 0 aromatic carbocycles. The van der Waals surface area contributed by atoms with Gasteiger partial charge in [0.25, 0.3) is 0 Å². The lowest BCUT2D eigenvalue weighted by molar-refractivity contribution is 0.0640. The average Bonchev–Trinajstić information content (AvgIpc) is 2.42. The standard InChI is InChI=1S/C15H34N2O2/c1-5-16-10-8-9-15(4)17(11-13-18-6-2)12-14-19-7-3/h15-16H,5-14H2,1-4H3. The van der Waals surface area contributed by atoms with Gasteiger partial charge < -0.3 is 14.8 Å². The summed E-state index contributed by atoms with van der Waals surface area (Å²) in [7, 11) is 0.